The minimum atomic E-state index is -1.27. The number of carboxylic acids is 2. The number of rotatable bonds is 42. The van der Waals surface area contributed by atoms with Crippen molar-refractivity contribution >= 4 is 126 Å². The van der Waals surface area contributed by atoms with Crippen LogP contribution in [0.5, 0.6) is 28.7 Å². The molecule has 0 aromatic heterocycles. The van der Waals surface area contributed by atoms with Crippen molar-refractivity contribution in [3.8, 4) is 28.7 Å². The van der Waals surface area contributed by atoms with Gasteiger partial charge in [0.15, 0.2) is 52.9 Å². The Hall–Kier alpha value is -14.7. The Morgan fingerprint density at radius 1 is 0.446 bits per heavy atom. The zero-order valence-electron chi connectivity index (χ0n) is 83.6. The number of alkyl halides is 1. The number of carbonyl (C=O) groups is 12. The highest BCUT2D eigenvalue weighted by Gasteiger charge is 2.50. The lowest BCUT2D eigenvalue weighted by Gasteiger charge is -2.42. The molecular weight excluding hydrogens is 2050 g/mol. The molecule has 3 fully saturated rings. The van der Waals surface area contributed by atoms with Crippen molar-refractivity contribution in [1.29, 1.82) is 0 Å². The maximum Gasteiger partial charge on any atom is 0.335 e. The summed E-state index contributed by atoms with van der Waals surface area (Å²) in [5.74, 6) is -6.55. The number of aliphatic carboxylic acids is 1. The molecule has 3 saturated heterocycles. The number of hydrogen-bond donors (Lipinski definition) is 10. The summed E-state index contributed by atoms with van der Waals surface area (Å²) in [5, 5.41) is 119. The smallest absolute Gasteiger partial charge is 0.335 e. The molecule has 3 aliphatic heterocycles. The number of amides is 1. The molecule has 5 aromatic carbocycles. The number of aromatic carboxylic acids is 1. The van der Waals surface area contributed by atoms with Crippen LogP contribution >= 0.6 is 27.5 Å². The number of anilines is 2. The number of nitro benzene ring substituents is 3. The molecule has 0 spiro atoms. The molecule has 814 valence electrons. The largest absolute Gasteiger partial charge is 0.502 e. The van der Waals surface area contributed by atoms with Crippen LogP contribution in [-0.2, 0) is 117 Å². The van der Waals surface area contributed by atoms with Crippen molar-refractivity contribution < 1.29 is 165 Å². The molecule has 5 aromatic rings. The molecule has 56 heteroatoms. The standard InChI is InChI=1S/C22H30N4O7.C18H23NO8.C18H25NO6.C7H5NO5.C7H7NO4.C6H11BrO2.C6H11N3O2.C4H6ClN3O.C4H7N3O2/c1-12-13(2)21(31-15(4)29)22(33-20(12)14(3)28)32-18-8-7-16(11-27)10-17(18)25-19(30)6-5-9-24-26-23;1-9-10(2)17(25-12(4)22)18(27-16(9)11(3)21)26-15-6-5-13(8-20)7-14(15)19(23)24;1-9-10(2)17(23-12(4)22)18(25-16(9)11(3)21)24-15-6-5-13(8-20)7-14(15)19;9-6-2-1-4(7(10)11)3-5(6)8(12)13;9-4-5-1-2-7(10)6(3-5)8(11)12;1-2-9-6(8)4-3-5-7;1-2-11-6(10)4-3-5-8-9-7;5-4(9)2-1-3-7-8-6;5-7-6-3-1-2-4(8)9/h7-8,10,12-13,20-22,27H,5-6,9,11H2,1-4H3,(H,25,30);5-7,9-10,16-18,20H,8H2,1-4H3;5-7,9-10,16-18,20H,8,19H2,1-4H3;1-3,9H,(H,10,11);1-3,9-10H,4H2;2-5H2,1H3;2-5H2,1H3;1-3H2;1-3H2,(H,8,9)/t12-,13-,20-,21+,22+;2*9-,10-,16-,17+,18+;;;;;;/m000....../s1. The number of esters is 5. The van der Waals surface area contributed by atoms with Gasteiger partial charge in [-0.3, -0.25) is 83.1 Å². The molecule has 0 bridgehead atoms. The fourth-order valence-electron chi connectivity index (χ4n) is 13.1. The lowest BCUT2D eigenvalue weighted by Crippen LogP contribution is -2.55. The van der Waals surface area contributed by atoms with Gasteiger partial charge in [-0.25, -0.2) is 4.79 Å². The van der Waals surface area contributed by atoms with Crippen molar-refractivity contribution in [3.05, 3.63) is 191 Å². The molecule has 0 radical (unpaired) electrons. The number of carbonyl (C=O) groups excluding carboxylic acids is 10. The predicted molar refractivity (Wildman–Crippen MR) is 529 cm³/mol. The van der Waals surface area contributed by atoms with E-state index in [0.29, 0.717) is 98.5 Å². The second kappa shape index (κ2) is 73.4. The van der Waals surface area contributed by atoms with Crippen molar-refractivity contribution in [1.82, 2.24) is 0 Å². The second-order valence-corrected chi connectivity index (χ2v) is 33.2. The highest BCUT2D eigenvalue weighted by atomic mass is 79.9. The van der Waals surface area contributed by atoms with Crippen LogP contribution in [0.3, 0.4) is 0 Å². The maximum atomic E-state index is 12.4. The predicted octanol–water partition coefficient (Wildman–Crippen LogP) is 14.9. The van der Waals surface area contributed by atoms with Gasteiger partial charge in [-0.1, -0.05) is 102 Å². The Balaban J connectivity index is 0.00000172. The van der Waals surface area contributed by atoms with E-state index in [4.69, 9.17) is 113 Å². The number of aromatic hydroxyl groups is 2. The SMILES string of the molecule is CC(=O)O[C@H]1[C@H](Oc2ccc(CO)cc2N)O[C@H](C(C)=O)[C@@H](C)[C@@H]1C.CC(=O)O[C@H]1[C@H](Oc2ccc(CO)cc2NC(=O)CCCN=[N+]=[N-])O[C@H](C(C)=O)[C@@H](C)[C@@H]1C.CC(=O)O[C@H]1[C@H](Oc2ccc(CO)cc2[N+](=O)[O-])O[C@H](C(C)=O)[C@@H](C)[C@@H]1C.CCOC(=O)CCCBr.CCOC(=O)CCCN=[N+]=[N-].O=C(O)c1ccc(O)c([N+](=O)[O-])c1.O=[N+]([O-])c1cc(CO)ccc1O.[N-]=[N+]=NCCCC(=O)Cl.[N-]=[N+]=NCCCC(=O)O. The van der Waals surface area contributed by atoms with E-state index in [9.17, 15) is 98.1 Å². The van der Waals surface area contributed by atoms with Crippen LogP contribution in [0, 0.1) is 65.9 Å². The molecule has 15 atom stereocenters. The number of carboxylic acid groups (broad SMARTS) is 2. The third-order valence-electron chi connectivity index (χ3n) is 20.9. The van der Waals surface area contributed by atoms with Crippen LogP contribution in [-0.4, -0.2) is 226 Å². The first kappa shape index (κ1) is 133. The van der Waals surface area contributed by atoms with E-state index >= 15 is 0 Å². The number of phenols is 2. The Labute approximate surface area is 861 Å². The number of aliphatic hydroxyl groups is 4. The topological polar surface area (TPSA) is 831 Å². The van der Waals surface area contributed by atoms with E-state index in [1.54, 1.807) is 50.2 Å². The number of phenolic OH excluding ortho intramolecular Hbond substituents is 2. The van der Waals surface area contributed by atoms with Gasteiger partial charge in [0.05, 0.1) is 71.3 Å². The number of aliphatic hydroxyl groups excluding tert-OH is 4. The Bertz CT molecular complexity index is 5380. The van der Waals surface area contributed by atoms with E-state index in [1.165, 1.54) is 71.9 Å². The van der Waals surface area contributed by atoms with Crippen molar-refractivity contribution in [2.75, 3.05) is 55.8 Å². The summed E-state index contributed by atoms with van der Waals surface area (Å²) in [6.07, 6.45) is -3.65. The van der Waals surface area contributed by atoms with Gasteiger partial charge in [0.2, 0.25) is 30.0 Å². The van der Waals surface area contributed by atoms with Gasteiger partial charge in [0.1, 0.15) is 29.8 Å². The average molecular weight is 2180 g/mol. The number of azide groups is 4. The van der Waals surface area contributed by atoms with Crippen LogP contribution in [0.25, 0.3) is 41.8 Å². The van der Waals surface area contributed by atoms with Gasteiger partial charge in [0.25, 0.3) is 0 Å². The monoisotopic (exact) mass is 2170 g/mol. The van der Waals surface area contributed by atoms with Crippen molar-refractivity contribution in [2.45, 2.75) is 243 Å². The summed E-state index contributed by atoms with van der Waals surface area (Å²) in [7, 11) is 0. The molecule has 54 nitrogen and oxygen atoms in total. The Morgan fingerprint density at radius 2 is 0.770 bits per heavy atom. The zero-order chi connectivity index (χ0) is 113. The minimum Gasteiger partial charge on any atom is -0.502 e. The number of nitrogens with one attached hydrogen (secondary N) is 1. The summed E-state index contributed by atoms with van der Waals surface area (Å²) in [5.41, 5.74) is 38.6. The van der Waals surface area contributed by atoms with Gasteiger partial charge >= 0.3 is 58.8 Å². The lowest BCUT2D eigenvalue weighted by atomic mass is 9.82. The van der Waals surface area contributed by atoms with Gasteiger partial charge < -0.3 is 104 Å². The third kappa shape index (κ3) is 51.4. The van der Waals surface area contributed by atoms with E-state index in [0.717, 1.165) is 36.0 Å². The number of hydrogen-bond acceptors (Lipinski definition) is 40. The summed E-state index contributed by atoms with van der Waals surface area (Å²) in [6.45, 7) is 23.8. The Kier molecular flexibility index (Phi) is 66.1. The van der Waals surface area contributed by atoms with E-state index in [2.05, 4.69) is 70.8 Å². The van der Waals surface area contributed by atoms with Crippen LogP contribution in [0.2, 0.25) is 0 Å². The van der Waals surface area contributed by atoms with Crippen molar-refractivity contribution in [3.63, 3.8) is 0 Å². The molecule has 3 heterocycles. The number of ketones is 3. The number of Topliss-reactive ketones (excluding diaryl/α,β-unsaturated/α-hetero) is 3. The normalized spacial score (nSPS) is 19.2. The van der Waals surface area contributed by atoms with E-state index in [-0.39, 0.29) is 169 Å². The van der Waals surface area contributed by atoms with E-state index in [1.807, 2.05) is 41.5 Å². The average Bonchev–Trinajstić information content (AvgIpc) is 0.791. The number of nitrogen functional groups attached to an aromatic ring is 1. The van der Waals surface area contributed by atoms with Crippen LogP contribution in [0.1, 0.15) is 194 Å². The quantitative estimate of drug-likeness (QED) is 0.00148. The van der Waals surface area contributed by atoms with Crippen molar-refractivity contribution in [2.24, 2.45) is 56.0 Å². The fraction of sp³-hybridized carbons (Fsp3) is 0.543. The maximum absolute atomic E-state index is 12.4. The molecule has 11 N–H and O–H groups in total. The number of nitrogens with zero attached hydrogens (tertiary/aromatic N) is 15. The molecule has 3 aliphatic rings. The number of nitro groups is 3. The summed E-state index contributed by atoms with van der Waals surface area (Å²) >= 11 is 8.20. The second-order valence-electron chi connectivity index (χ2n) is 32.0. The number of benzene rings is 5. The van der Waals surface area contributed by atoms with Crippen LogP contribution < -0.4 is 25.3 Å². The van der Waals surface area contributed by atoms with Gasteiger partial charge in [-0.15, -0.1) is 0 Å². The van der Waals surface area contributed by atoms with E-state index < -0.39 is 117 Å². The first-order valence-electron chi connectivity index (χ1n) is 45.4. The summed E-state index contributed by atoms with van der Waals surface area (Å²) in [4.78, 5) is 174. The fourth-order valence-corrected chi connectivity index (χ4v) is 13.5. The molecular formula is C92H125BrClN17O37. The summed E-state index contributed by atoms with van der Waals surface area (Å²) < 4.78 is 60.5. The van der Waals surface area contributed by atoms with Gasteiger partial charge in [-0.05, 0) is 189 Å². The third-order valence-corrected chi connectivity index (χ3v) is 21.7. The summed E-state index contributed by atoms with van der Waals surface area (Å²) in [6, 6.07) is 20.2. The molecule has 0 saturated carbocycles. The first-order valence-corrected chi connectivity index (χ1v) is 46.9. The zero-order valence-corrected chi connectivity index (χ0v) is 86.0. The molecule has 8 rings (SSSR count). The van der Waals surface area contributed by atoms with Crippen LogP contribution in [0.15, 0.2) is 111 Å². The van der Waals surface area contributed by atoms with Gasteiger partial charge in [0, 0.05) is 140 Å². The Morgan fingerprint density at radius 3 is 1.11 bits per heavy atom. The molecule has 148 heavy (non-hydrogen) atoms. The lowest BCUT2D eigenvalue weighted by molar-refractivity contribution is -0.387. The van der Waals surface area contributed by atoms with Gasteiger partial charge in [-0.2, -0.15) is 0 Å². The molecule has 0 aliphatic carbocycles. The highest BCUT2D eigenvalue weighted by molar-refractivity contribution is 9.09. The number of ether oxygens (including phenoxy) is 11. The molecule has 1 amide bonds. The number of halogens is 2. The molecule has 0 unspecified atom stereocenters. The minimum absolute atomic E-state index is 0.0685. The number of nitrogens with two attached hydrogens (primary N) is 1. The highest BCUT2D eigenvalue weighted by Crippen LogP contribution is 2.41. The van der Waals surface area contributed by atoms with Crippen LogP contribution in [0.4, 0.5) is 28.4 Å². The first-order chi connectivity index (χ1) is 69.9.